The molecule has 0 amide bonds. The number of hydrogen-bond acceptors (Lipinski definition) is 5. The van der Waals surface area contributed by atoms with E-state index in [0.29, 0.717) is 23.6 Å². The summed E-state index contributed by atoms with van der Waals surface area (Å²) >= 11 is 0. The fourth-order valence-electron chi connectivity index (χ4n) is 2.88. The smallest absolute Gasteiger partial charge is 0.161 e. The molecule has 0 saturated carbocycles. The van der Waals surface area contributed by atoms with Crippen LogP contribution < -0.4 is 9.47 Å². The summed E-state index contributed by atoms with van der Waals surface area (Å²) in [6, 6.07) is 12.8. The van der Waals surface area contributed by atoms with Gasteiger partial charge in [0.15, 0.2) is 17.3 Å². The van der Waals surface area contributed by atoms with Gasteiger partial charge in [-0.3, -0.25) is 4.79 Å². The number of aryl methyl sites for hydroxylation is 1. The molecule has 0 aliphatic heterocycles. The van der Waals surface area contributed by atoms with Crippen molar-refractivity contribution >= 4 is 16.8 Å². The van der Waals surface area contributed by atoms with Crippen molar-refractivity contribution in [3.63, 3.8) is 0 Å². The van der Waals surface area contributed by atoms with Crippen LogP contribution in [0.2, 0.25) is 0 Å². The van der Waals surface area contributed by atoms with Crippen molar-refractivity contribution in [3.8, 4) is 11.5 Å². The molecule has 0 radical (unpaired) electrons. The number of Topliss-reactive ketones (excluding diaryl/α,β-unsaturated/α-hetero) is 1. The Labute approximate surface area is 152 Å². The highest BCUT2D eigenvalue weighted by atomic mass is 16.5. The SMILES string of the molecule is COc1cc(C(C)=O)ccc1OC[C@@H](O)Cn1c(C)nc2ccccc21. The number of aliphatic hydroxyl groups excluding tert-OH is 1. The lowest BCUT2D eigenvalue weighted by atomic mass is 10.1. The van der Waals surface area contributed by atoms with Crippen LogP contribution in [0.25, 0.3) is 11.0 Å². The van der Waals surface area contributed by atoms with Crippen LogP contribution in [0.1, 0.15) is 23.1 Å². The van der Waals surface area contributed by atoms with Gasteiger partial charge in [-0.2, -0.15) is 0 Å². The second kappa shape index (κ2) is 7.58. The number of para-hydroxylation sites is 2. The summed E-state index contributed by atoms with van der Waals surface area (Å²) in [6.07, 6.45) is -0.719. The number of aromatic nitrogens is 2. The average Bonchev–Trinajstić information content (AvgIpc) is 2.95. The van der Waals surface area contributed by atoms with Gasteiger partial charge in [0.1, 0.15) is 18.5 Å². The fraction of sp³-hybridized carbons (Fsp3) is 0.300. The molecule has 0 aliphatic rings. The van der Waals surface area contributed by atoms with Crippen LogP contribution in [0.5, 0.6) is 11.5 Å². The van der Waals surface area contributed by atoms with E-state index < -0.39 is 6.10 Å². The highest BCUT2D eigenvalue weighted by Crippen LogP contribution is 2.28. The predicted octanol–water partition coefficient (Wildman–Crippen LogP) is 3.00. The van der Waals surface area contributed by atoms with Gasteiger partial charge < -0.3 is 19.1 Å². The maximum absolute atomic E-state index is 11.5. The highest BCUT2D eigenvalue weighted by molar-refractivity contribution is 5.94. The quantitative estimate of drug-likeness (QED) is 0.660. The summed E-state index contributed by atoms with van der Waals surface area (Å²) in [7, 11) is 1.52. The Kier molecular flexibility index (Phi) is 5.23. The van der Waals surface area contributed by atoms with E-state index in [1.165, 1.54) is 14.0 Å². The Morgan fingerprint density at radius 3 is 2.73 bits per heavy atom. The topological polar surface area (TPSA) is 73.6 Å². The number of carbonyl (C=O) groups excluding carboxylic acids is 1. The van der Waals surface area contributed by atoms with Gasteiger partial charge in [0, 0.05) is 5.56 Å². The molecule has 3 aromatic rings. The Balaban J connectivity index is 1.70. The molecule has 1 aromatic heterocycles. The van der Waals surface area contributed by atoms with Crippen LogP contribution in [0.15, 0.2) is 42.5 Å². The Bertz CT molecular complexity index is 933. The highest BCUT2D eigenvalue weighted by Gasteiger charge is 2.14. The third-order valence-electron chi connectivity index (χ3n) is 4.24. The summed E-state index contributed by atoms with van der Waals surface area (Å²) < 4.78 is 13.0. The third-order valence-corrected chi connectivity index (χ3v) is 4.24. The monoisotopic (exact) mass is 354 g/mol. The zero-order valence-electron chi connectivity index (χ0n) is 15.1. The first-order valence-corrected chi connectivity index (χ1v) is 8.41. The van der Waals surface area contributed by atoms with Crippen molar-refractivity contribution in [2.24, 2.45) is 0 Å². The van der Waals surface area contributed by atoms with Crippen LogP contribution in [0.3, 0.4) is 0 Å². The minimum atomic E-state index is -0.719. The normalized spacial score (nSPS) is 12.2. The minimum absolute atomic E-state index is 0.0441. The summed E-state index contributed by atoms with van der Waals surface area (Å²) in [5.74, 6) is 1.75. The summed E-state index contributed by atoms with van der Waals surface area (Å²) in [5, 5.41) is 10.4. The van der Waals surface area contributed by atoms with Crippen LogP contribution >= 0.6 is 0 Å². The molecule has 3 rings (SSSR count). The number of ketones is 1. The number of carbonyl (C=O) groups is 1. The zero-order valence-corrected chi connectivity index (χ0v) is 15.1. The number of aliphatic hydroxyl groups is 1. The molecule has 26 heavy (non-hydrogen) atoms. The number of hydrogen-bond donors (Lipinski definition) is 1. The first-order valence-electron chi connectivity index (χ1n) is 8.41. The molecule has 0 bridgehead atoms. The molecule has 136 valence electrons. The van der Waals surface area contributed by atoms with E-state index in [1.807, 2.05) is 35.8 Å². The van der Waals surface area contributed by atoms with Crippen LogP contribution in [0.4, 0.5) is 0 Å². The van der Waals surface area contributed by atoms with E-state index in [0.717, 1.165) is 16.9 Å². The maximum atomic E-state index is 11.5. The predicted molar refractivity (Wildman–Crippen MR) is 99.0 cm³/mol. The molecule has 0 fully saturated rings. The van der Waals surface area contributed by atoms with Gasteiger partial charge in [0.2, 0.25) is 0 Å². The first-order chi connectivity index (χ1) is 12.5. The molecule has 6 nitrogen and oxygen atoms in total. The van der Waals surface area contributed by atoms with Crippen molar-refractivity contribution in [2.75, 3.05) is 13.7 Å². The number of imidazole rings is 1. The van der Waals surface area contributed by atoms with Gasteiger partial charge in [-0.05, 0) is 44.2 Å². The van der Waals surface area contributed by atoms with Gasteiger partial charge in [-0.25, -0.2) is 4.98 Å². The molecule has 1 atom stereocenters. The van der Waals surface area contributed by atoms with E-state index in [4.69, 9.17) is 9.47 Å². The van der Waals surface area contributed by atoms with Crippen LogP contribution in [0, 0.1) is 6.92 Å². The van der Waals surface area contributed by atoms with E-state index >= 15 is 0 Å². The molecule has 0 saturated heterocycles. The molecule has 0 aliphatic carbocycles. The van der Waals surface area contributed by atoms with E-state index in [9.17, 15) is 9.90 Å². The Morgan fingerprint density at radius 1 is 1.23 bits per heavy atom. The van der Waals surface area contributed by atoms with E-state index in [2.05, 4.69) is 4.98 Å². The van der Waals surface area contributed by atoms with Crippen molar-refractivity contribution in [1.29, 1.82) is 0 Å². The number of rotatable bonds is 7. The largest absolute Gasteiger partial charge is 0.493 e. The number of benzene rings is 2. The van der Waals surface area contributed by atoms with Crippen molar-refractivity contribution in [2.45, 2.75) is 26.5 Å². The van der Waals surface area contributed by atoms with E-state index in [1.54, 1.807) is 18.2 Å². The van der Waals surface area contributed by atoms with Crippen LogP contribution in [-0.2, 0) is 6.54 Å². The van der Waals surface area contributed by atoms with Crippen LogP contribution in [-0.4, -0.2) is 40.3 Å². The number of fused-ring (bicyclic) bond motifs is 1. The number of nitrogens with zero attached hydrogens (tertiary/aromatic N) is 2. The molecule has 0 unspecified atom stereocenters. The second-order valence-corrected chi connectivity index (χ2v) is 6.14. The lowest BCUT2D eigenvalue weighted by Gasteiger charge is -2.16. The lowest BCUT2D eigenvalue weighted by molar-refractivity contribution is 0.0913. The maximum Gasteiger partial charge on any atom is 0.161 e. The van der Waals surface area contributed by atoms with E-state index in [-0.39, 0.29) is 12.4 Å². The first kappa shape index (κ1) is 17.9. The molecule has 1 N–H and O–H groups in total. The summed E-state index contributed by atoms with van der Waals surface area (Å²) in [4.78, 5) is 16.0. The molecular formula is C20H22N2O4. The number of ether oxygens (including phenoxy) is 2. The molecule has 6 heteroatoms. The Morgan fingerprint density at radius 2 is 2.00 bits per heavy atom. The van der Waals surface area contributed by atoms with Crippen molar-refractivity contribution < 1.29 is 19.4 Å². The van der Waals surface area contributed by atoms with Gasteiger partial charge in [0.05, 0.1) is 24.7 Å². The third kappa shape index (κ3) is 3.70. The number of methoxy groups -OCH3 is 1. The van der Waals surface area contributed by atoms with Crippen molar-refractivity contribution in [3.05, 3.63) is 53.9 Å². The average molecular weight is 354 g/mol. The molecular weight excluding hydrogens is 332 g/mol. The standard InChI is InChI=1S/C20H22N2O4/c1-13(23)15-8-9-19(20(10-15)25-3)26-12-16(24)11-22-14(2)21-17-6-4-5-7-18(17)22/h4-10,16,24H,11-12H2,1-3H3/t16-/m0/s1. The molecule has 2 aromatic carbocycles. The summed E-state index contributed by atoms with van der Waals surface area (Å²) in [6.45, 7) is 3.88. The van der Waals surface area contributed by atoms with Gasteiger partial charge in [-0.1, -0.05) is 12.1 Å². The Hall–Kier alpha value is -2.86. The van der Waals surface area contributed by atoms with Gasteiger partial charge in [0.25, 0.3) is 0 Å². The molecule has 0 spiro atoms. The van der Waals surface area contributed by atoms with Gasteiger partial charge >= 0.3 is 0 Å². The summed E-state index contributed by atoms with van der Waals surface area (Å²) in [5.41, 5.74) is 2.43. The zero-order chi connectivity index (χ0) is 18.7. The molecule has 1 heterocycles. The fourth-order valence-corrected chi connectivity index (χ4v) is 2.88. The minimum Gasteiger partial charge on any atom is -0.493 e. The van der Waals surface area contributed by atoms with Gasteiger partial charge in [-0.15, -0.1) is 0 Å². The second-order valence-electron chi connectivity index (χ2n) is 6.14. The lowest BCUT2D eigenvalue weighted by Crippen LogP contribution is -2.24. The van der Waals surface area contributed by atoms with Crippen molar-refractivity contribution in [1.82, 2.24) is 9.55 Å².